The Bertz CT molecular complexity index is 1150. The molecule has 2 aromatic carbocycles. The third kappa shape index (κ3) is 4.55. The highest BCUT2D eigenvalue weighted by Gasteiger charge is 2.29. The summed E-state index contributed by atoms with van der Waals surface area (Å²) in [6, 6.07) is 9.81. The Hall–Kier alpha value is -3.21. The predicted molar refractivity (Wildman–Crippen MR) is 96.4 cm³/mol. The van der Waals surface area contributed by atoms with E-state index < -0.39 is 22.6 Å². The van der Waals surface area contributed by atoms with Crippen molar-refractivity contribution >= 4 is 11.8 Å². The molecule has 2 N–H and O–H groups in total. The Balaban J connectivity index is 1.85. The maximum atomic E-state index is 12.4. The number of H-pyrrole nitrogens is 2. The van der Waals surface area contributed by atoms with E-state index in [-0.39, 0.29) is 22.3 Å². The van der Waals surface area contributed by atoms with Crippen molar-refractivity contribution < 1.29 is 17.9 Å². The zero-order valence-corrected chi connectivity index (χ0v) is 15.0. The number of benzene rings is 2. The highest BCUT2D eigenvalue weighted by molar-refractivity contribution is 8.00. The van der Waals surface area contributed by atoms with Gasteiger partial charge in [-0.3, -0.25) is 9.97 Å². The molecular formula is C17H12F3N3O4S. The first-order valence-corrected chi connectivity index (χ1v) is 8.54. The summed E-state index contributed by atoms with van der Waals surface area (Å²) in [5, 5.41) is 0. The van der Waals surface area contributed by atoms with Gasteiger partial charge in [0.15, 0.2) is 0 Å². The van der Waals surface area contributed by atoms with E-state index in [1.807, 2.05) is 9.97 Å². The van der Waals surface area contributed by atoms with E-state index in [0.29, 0.717) is 17.1 Å². The smallest absolute Gasteiger partial charge is 0.446 e. The monoisotopic (exact) mass is 411 g/mol. The fourth-order valence-corrected chi connectivity index (χ4v) is 2.93. The number of aromatic amines is 2. The standard InChI is InChI=1S/C17H12F3N3O4S/c1-9-8-10(23-15(25)21-14(24)22-16(23)26)2-7-13(9)27-11-3-5-12(6-4-11)28-17(18,19)20/h2-8H,1H3,(H2,21,22,24,25,26). The molecular weight excluding hydrogens is 399 g/mol. The maximum Gasteiger partial charge on any atom is 0.446 e. The quantitative estimate of drug-likeness (QED) is 0.644. The number of nitrogens with zero attached hydrogens (tertiary/aromatic N) is 1. The van der Waals surface area contributed by atoms with Crippen LogP contribution >= 0.6 is 11.8 Å². The fraction of sp³-hybridized carbons (Fsp3) is 0.118. The molecule has 0 amide bonds. The van der Waals surface area contributed by atoms with Crippen molar-refractivity contribution in [3.8, 4) is 17.2 Å². The molecule has 3 aromatic rings. The van der Waals surface area contributed by atoms with Crippen LogP contribution in [0.2, 0.25) is 0 Å². The first-order chi connectivity index (χ1) is 13.1. The minimum Gasteiger partial charge on any atom is -0.457 e. The van der Waals surface area contributed by atoms with Crippen LogP contribution in [0.1, 0.15) is 5.56 Å². The number of hydrogen-bond acceptors (Lipinski definition) is 5. The van der Waals surface area contributed by atoms with Gasteiger partial charge in [0.05, 0.1) is 5.69 Å². The number of thioether (sulfide) groups is 1. The predicted octanol–water partition coefficient (Wildman–Crippen LogP) is 2.93. The number of aryl methyl sites for hydroxylation is 1. The van der Waals surface area contributed by atoms with Crippen LogP contribution in [0, 0.1) is 6.92 Å². The van der Waals surface area contributed by atoms with E-state index in [0.717, 1.165) is 4.57 Å². The van der Waals surface area contributed by atoms with Crippen LogP contribution in [0.15, 0.2) is 61.7 Å². The van der Waals surface area contributed by atoms with E-state index in [2.05, 4.69) is 0 Å². The van der Waals surface area contributed by atoms with E-state index in [1.165, 1.54) is 42.5 Å². The van der Waals surface area contributed by atoms with Gasteiger partial charge in [0.2, 0.25) is 0 Å². The lowest BCUT2D eigenvalue weighted by atomic mass is 10.2. The third-order valence-corrected chi connectivity index (χ3v) is 4.29. The number of hydrogen-bond donors (Lipinski definition) is 2. The van der Waals surface area contributed by atoms with E-state index in [9.17, 15) is 27.6 Å². The van der Waals surface area contributed by atoms with Gasteiger partial charge in [-0.1, -0.05) is 0 Å². The highest BCUT2D eigenvalue weighted by atomic mass is 32.2. The van der Waals surface area contributed by atoms with E-state index >= 15 is 0 Å². The van der Waals surface area contributed by atoms with Crippen LogP contribution in [0.5, 0.6) is 11.5 Å². The van der Waals surface area contributed by atoms with Gasteiger partial charge >= 0.3 is 22.6 Å². The highest BCUT2D eigenvalue weighted by Crippen LogP contribution is 2.37. The first kappa shape index (κ1) is 19.5. The van der Waals surface area contributed by atoms with Crippen molar-refractivity contribution in [2.24, 2.45) is 0 Å². The second-order valence-electron chi connectivity index (χ2n) is 5.60. The summed E-state index contributed by atoms with van der Waals surface area (Å²) in [5.74, 6) is 0.704. The molecule has 3 rings (SSSR count). The zero-order chi connectivity index (χ0) is 20.5. The molecule has 0 atom stereocenters. The average Bonchev–Trinajstić information content (AvgIpc) is 2.56. The Labute approximate surface area is 158 Å². The largest absolute Gasteiger partial charge is 0.457 e. The van der Waals surface area contributed by atoms with Crippen molar-refractivity contribution in [2.75, 3.05) is 0 Å². The SMILES string of the molecule is Cc1cc(-n2c(=O)[nH]c(=O)[nH]c2=O)ccc1Oc1ccc(SC(F)(F)F)cc1. The van der Waals surface area contributed by atoms with Gasteiger partial charge in [-0.2, -0.15) is 13.2 Å². The molecule has 0 radical (unpaired) electrons. The summed E-state index contributed by atoms with van der Waals surface area (Å²) in [5.41, 5.74) is -6.28. The van der Waals surface area contributed by atoms with Gasteiger partial charge in [0, 0.05) is 4.90 Å². The maximum absolute atomic E-state index is 12.4. The molecule has 1 heterocycles. The van der Waals surface area contributed by atoms with Crippen molar-refractivity contribution in [2.45, 2.75) is 17.3 Å². The van der Waals surface area contributed by atoms with E-state index in [4.69, 9.17) is 4.74 Å². The molecule has 0 spiro atoms. The van der Waals surface area contributed by atoms with Crippen molar-refractivity contribution in [1.82, 2.24) is 14.5 Å². The topological polar surface area (TPSA) is 97.0 Å². The van der Waals surface area contributed by atoms with Crippen molar-refractivity contribution in [3.63, 3.8) is 0 Å². The molecule has 7 nitrogen and oxygen atoms in total. The Morgan fingerprint density at radius 1 is 0.964 bits per heavy atom. The molecule has 28 heavy (non-hydrogen) atoms. The number of aromatic nitrogens is 3. The lowest BCUT2D eigenvalue weighted by Crippen LogP contribution is -2.42. The molecule has 0 saturated carbocycles. The third-order valence-electron chi connectivity index (χ3n) is 3.55. The Kier molecular flexibility index (Phi) is 5.18. The molecule has 0 aliphatic carbocycles. The van der Waals surface area contributed by atoms with Crippen LogP contribution in [-0.4, -0.2) is 20.0 Å². The van der Waals surface area contributed by atoms with Crippen LogP contribution < -0.4 is 21.8 Å². The Morgan fingerprint density at radius 2 is 1.57 bits per heavy atom. The number of alkyl halides is 3. The van der Waals surface area contributed by atoms with Gasteiger partial charge in [-0.05, 0) is 66.7 Å². The molecule has 0 aliphatic heterocycles. The van der Waals surface area contributed by atoms with Gasteiger partial charge in [0.25, 0.3) is 0 Å². The number of nitrogens with one attached hydrogen (secondary N) is 2. The second kappa shape index (κ2) is 7.43. The summed E-state index contributed by atoms with van der Waals surface area (Å²) in [7, 11) is 0. The van der Waals surface area contributed by atoms with E-state index in [1.54, 1.807) is 6.92 Å². The van der Waals surface area contributed by atoms with Crippen LogP contribution in [0.25, 0.3) is 5.69 Å². The molecule has 11 heteroatoms. The zero-order valence-electron chi connectivity index (χ0n) is 14.2. The second-order valence-corrected chi connectivity index (χ2v) is 6.73. The minimum atomic E-state index is -4.37. The summed E-state index contributed by atoms with van der Waals surface area (Å²) >= 11 is -0.224. The lowest BCUT2D eigenvalue weighted by molar-refractivity contribution is -0.0328. The summed E-state index contributed by atoms with van der Waals surface area (Å²) in [6.45, 7) is 1.66. The van der Waals surface area contributed by atoms with Crippen molar-refractivity contribution in [3.05, 3.63) is 79.5 Å². The molecule has 146 valence electrons. The normalized spacial score (nSPS) is 11.4. The summed E-state index contributed by atoms with van der Waals surface area (Å²) in [4.78, 5) is 38.8. The minimum absolute atomic E-state index is 0.0311. The number of ether oxygens (including phenoxy) is 1. The number of halogens is 3. The average molecular weight is 411 g/mol. The lowest BCUT2D eigenvalue weighted by Gasteiger charge is -2.11. The Morgan fingerprint density at radius 3 is 2.11 bits per heavy atom. The first-order valence-electron chi connectivity index (χ1n) is 7.73. The number of rotatable bonds is 4. The summed E-state index contributed by atoms with van der Waals surface area (Å²) in [6.07, 6.45) is 0. The van der Waals surface area contributed by atoms with Crippen molar-refractivity contribution in [1.29, 1.82) is 0 Å². The van der Waals surface area contributed by atoms with Crippen LogP contribution in [0.4, 0.5) is 13.2 Å². The summed E-state index contributed by atoms with van der Waals surface area (Å²) < 4.78 is 43.5. The molecule has 0 unspecified atom stereocenters. The molecule has 1 aromatic heterocycles. The molecule has 0 saturated heterocycles. The van der Waals surface area contributed by atoms with Gasteiger partial charge in [-0.15, -0.1) is 0 Å². The van der Waals surface area contributed by atoms with Gasteiger partial charge in [0.1, 0.15) is 11.5 Å². The molecule has 0 aliphatic rings. The van der Waals surface area contributed by atoms with Gasteiger partial charge in [-0.25, -0.2) is 19.0 Å². The van der Waals surface area contributed by atoms with Crippen LogP contribution in [-0.2, 0) is 0 Å². The molecule has 0 fully saturated rings. The van der Waals surface area contributed by atoms with Gasteiger partial charge < -0.3 is 4.74 Å². The fourth-order valence-electron chi connectivity index (χ4n) is 2.39. The van der Waals surface area contributed by atoms with Crippen LogP contribution in [0.3, 0.4) is 0 Å². The molecule has 0 bridgehead atoms.